The van der Waals surface area contributed by atoms with Crippen LogP contribution in [0.3, 0.4) is 0 Å². The summed E-state index contributed by atoms with van der Waals surface area (Å²) in [6, 6.07) is 9.91. The van der Waals surface area contributed by atoms with Crippen molar-refractivity contribution >= 4 is 17.3 Å². The number of benzene rings is 1. The standard InChI is InChI=1S/C13H13ClN2/c1-15-13-8-12(14)5-4-11(13)7-10-3-2-6-16-9-10/h2-6,8-9,15H,7H2,1H3. The zero-order valence-electron chi connectivity index (χ0n) is 9.07. The summed E-state index contributed by atoms with van der Waals surface area (Å²) in [4.78, 5) is 4.11. The molecule has 0 radical (unpaired) electrons. The van der Waals surface area contributed by atoms with Gasteiger partial charge in [-0.2, -0.15) is 0 Å². The molecule has 0 aliphatic rings. The topological polar surface area (TPSA) is 24.9 Å². The fraction of sp³-hybridized carbons (Fsp3) is 0.154. The van der Waals surface area contributed by atoms with E-state index in [4.69, 9.17) is 11.6 Å². The zero-order valence-corrected chi connectivity index (χ0v) is 9.83. The molecule has 0 saturated carbocycles. The van der Waals surface area contributed by atoms with Crippen molar-refractivity contribution in [2.24, 2.45) is 0 Å². The van der Waals surface area contributed by atoms with Gasteiger partial charge in [0.2, 0.25) is 0 Å². The van der Waals surface area contributed by atoms with Crippen molar-refractivity contribution in [2.45, 2.75) is 6.42 Å². The summed E-state index contributed by atoms with van der Waals surface area (Å²) in [5, 5.41) is 3.90. The van der Waals surface area contributed by atoms with Gasteiger partial charge < -0.3 is 5.32 Å². The third kappa shape index (κ3) is 2.52. The second-order valence-corrected chi connectivity index (χ2v) is 4.03. The lowest BCUT2D eigenvalue weighted by molar-refractivity contribution is 1.14. The molecule has 3 heteroatoms. The molecule has 1 heterocycles. The van der Waals surface area contributed by atoms with Gasteiger partial charge in [-0.1, -0.05) is 23.7 Å². The first kappa shape index (κ1) is 11.0. The van der Waals surface area contributed by atoms with E-state index in [2.05, 4.69) is 16.4 Å². The molecule has 0 aliphatic carbocycles. The number of anilines is 1. The van der Waals surface area contributed by atoms with Gasteiger partial charge in [-0.05, 0) is 29.3 Å². The third-order valence-corrected chi connectivity index (χ3v) is 2.69. The summed E-state index contributed by atoms with van der Waals surface area (Å²) in [6.45, 7) is 0. The highest BCUT2D eigenvalue weighted by atomic mass is 35.5. The molecule has 0 unspecified atom stereocenters. The van der Waals surface area contributed by atoms with Crippen LogP contribution in [-0.2, 0) is 6.42 Å². The summed E-state index contributed by atoms with van der Waals surface area (Å²) < 4.78 is 0. The van der Waals surface area contributed by atoms with E-state index in [0.717, 1.165) is 17.1 Å². The smallest absolute Gasteiger partial charge is 0.0426 e. The molecule has 0 spiro atoms. The highest BCUT2D eigenvalue weighted by Crippen LogP contribution is 2.22. The van der Waals surface area contributed by atoms with Gasteiger partial charge in [0.05, 0.1) is 0 Å². The van der Waals surface area contributed by atoms with Gasteiger partial charge in [0.15, 0.2) is 0 Å². The molecular formula is C13H13ClN2. The van der Waals surface area contributed by atoms with Crippen molar-refractivity contribution in [1.82, 2.24) is 4.98 Å². The fourth-order valence-electron chi connectivity index (χ4n) is 1.66. The summed E-state index contributed by atoms with van der Waals surface area (Å²) >= 11 is 5.95. The Labute approximate surface area is 100 Å². The Hall–Kier alpha value is -1.54. The first-order valence-electron chi connectivity index (χ1n) is 5.14. The number of hydrogen-bond acceptors (Lipinski definition) is 2. The maximum Gasteiger partial charge on any atom is 0.0426 e. The maximum atomic E-state index is 5.95. The Bertz CT molecular complexity index is 469. The van der Waals surface area contributed by atoms with Crippen LogP contribution in [0.15, 0.2) is 42.7 Å². The molecule has 0 fully saturated rings. The maximum absolute atomic E-state index is 5.95. The van der Waals surface area contributed by atoms with Crippen LogP contribution in [0.2, 0.25) is 5.02 Å². The van der Waals surface area contributed by atoms with Crippen LogP contribution in [0.4, 0.5) is 5.69 Å². The Morgan fingerprint density at radius 1 is 1.31 bits per heavy atom. The fourth-order valence-corrected chi connectivity index (χ4v) is 1.83. The van der Waals surface area contributed by atoms with Crippen LogP contribution >= 0.6 is 11.6 Å². The van der Waals surface area contributed by atoms with Gasteiger partial charge in [-0.25, -0.2) is 0 Å². The SMILES string of the molecule is CNc1cc(Cl)ccc1Cc1cccnc1. The first-order valence-corrected chi connectivity index (χ1v) is 5.52. The van der Waals surface area contributed by atoms with Gasteiger partial charge in [0.1, 0.15) is 0 Å². The average molecular weight is 233 g/mol. The largest absolute Gasteiger partial charge is 0.388 e. The predicted molar refractivity (Wildman–Crippen MR) is 68.0 cm³/mol. The number of rotatable bonds is 3. The van der Waals surface area contributed by atoms with Crippen molar-refractivity contribution in [3.8, 4) is 0 Å². The lowest BCUT2D eigenvalue weighted by atomic mass is 10.0. The summed E-state index contributed by atoms with van der Waals surface area (Å²) in [7, 11) is 1.90. The molecule has 82 valence electrons. The molecule has 2 aromatic rings. The average Bonchev–Trinajstić information content (AvgIpc) is 2.33. The van der Waals surface area contributed by atoms with Crippen LogP contribution in [-0.4, -0.2) is 12.0 Å². The molecule has 0 atom stereocenters. The zero-order chi connectivity index (χ0) is 11.4. The van der Waals surface area contributed by atoms with Crippen LogP contribution in [0.25, 0.3) is 0 Å². The molecule has 16 heavy (non-hydrogen) atoms. The van der Waals surface area contributed by atoms with Crippen LogP contribution in [0.1, 0.15) is 11.1 Å². The summed E-state index contributed by atoms with van der Waals surface area (Å²) in [6.07, 6.45) is 4.53. The van der Waals surface area contributed by atoms with Crippen molar-refractivity contribution in [2.75, 3.05) is 12.4 Å². The molecule has 2 rings (SSSR count). The van der Waals surface area contributed by atoms with E-state index in [9.17, 15) is 0 Å². The first-order chi connectivity index (χ1) is 7.79. The minimum Gasteiger partial charge on any atom is -0.388 e. The number of hydrogen-bond donors (Lipinski definition) is 1. The molecule has 0 saturated heterocycles. The van der Waals surface area contributed by atoms with Gasteiger partial charge in [0.25, 0.3) is 0 Å². The monoisotopic (exact) mass is 232 g/mol. The van der Waals surface area contributed by atoms with Crippen molar-refractivity contribution in [3.05, 3.63) is 58.9 Å². The minimum absolute atomic E-state index is 0.749. The van der Waals surface area contributed by atoms with Crippen molar-refractivity contribution < 1.29 is 0 Å². The number of halogens is 1. The molecule has 2 nitrogen and oxygen atoms in total. The van der Waals surface area contributed by atoms with E-state index in [-0.39, 0.29) is 0 Å². The highest BCUT2D eigenvalue weighted by Gasteiger charge is 2.03. The Balaban J connectivity index is 2.28. The Morgan fingerprint density at radius 3 is 2.88 bits per heavy atom. The third-order valence-electron chi connectivity index (χ3n) is 2.46. The Morgan fingerprint density at radius 2 is 2.19 bits per heavy atom. The van der Waals surface area contributed by atoms with Crippen LogP contribution in [0, 0.1) is 0 Å². The molecule has 0 bridgehead atoms. The summed E-state index contributed by atoms with van der Waals surface area (Å²) in [5.74, 6) is 0. The van der Waals surface area contributed by atoms with E-state index < -0.39 is 0 Å². The van der Waals surface area contributed by atoms with Crippen LogP contribution < -0.4 is 5.32 Å². The van der Waals surface area contributed by atoms with Crippen molar-refractivity contribution in [3.63, 3.8) is 0 Å². The minimum atomic E-state index is 0.749. The van der Waals surface area contributed by atoms with E-state index in [1.54, 1.807) is 6.20 Å². The van der Waals surface area contributed by atoms with E-state index in [1.165, 1.54) is 11.1 Å². The molecule has 0 amide bonds. The molecular weight excluding hydrogens is 220 g/mol. The molecule has 1 aromatic carbocycles. The molecule has 1 aromatic heterocycles. The normalized spacial score (nSPS) is 10.1. The second-order valence-electron chi connectivity index (χ2n) is 3.59. The molecule has 1 N–H and O–H groups in total. The van der Waals surface area contributed by atoms with E-state index in [1.807, 2.05) is 37.5 Å². The lowest BCUT2D eigenvalue weighted by Crippen LogP contribution is -1.96. The van der Waals surface area contributed by atoms with Gasteiger partial charge >= 0.3 is 0 Å². The predicted octanol–water partition coefficient (Wildman–Crippen LogP) is 3.37. The number of aromatic nitrogens is 1. The second kappa shape index (κ2) is 4.99. The quantitative estimate of drug-likeness (QED) is 0.878. The number of nitrogens with one attached hydrogen (secondary N) is 1. The summed E-state index contributed by atoms with van der Waals surface area (Å²) in [5.41, 5.74) is 3.48. The van der Waals surface area contributed by atoms with Gasteiger partial charge in [-0.15, -0.1) is 0 Å². The lowest BCUT2D eigenvalue weighted by Gasteiger charge is -2.09. The van der Waals surface area contributed by atoms with E-state index >= 15 is 0 Å². The van der Waals surface area contributed by atoms with Crippen molar-refractivity contribution in [1.29, 1.82) is 0 Å². The Kier molecular flexibility index (Phi) is 3.42. The number of nitrogens with zero attached hydrogens (tertiary/aromatic N) is 1. The molecule has 0 aliphatic heterocycles. The number of pyridine rings is 1. The van der Waals surface area contributed by atoms with Gasteiger partial charge in [-0.3, -0.25) is 4.98 Å². The highest BCUT2D eigenvalue weighted by molar-refractivity contribution is 6.30. The van der Waals surface area contributed by atoms with Crippen LogP contribution in [0.5, 0.6) is 0 Å². The van der Waals surface area contributed by atoms with E-state index in [0.29, 0.717) is 0 Å². The van der Waals surface area contributed by atoms with Gasteiger partial charge in [0, 0.05) is 36.6 Å².